The van der Waals surface area contributed by atoms with Crippen LogP contribution < -0.4 is 5.56 Å². The first-order valence-electron chi connectivity index (χ1n) is 9.53. The number of hydrogen-bond donors (Lipinski definition) is 2. The SMILES string of the molecule is O=C(CCc1nc2ccccc2c(=O)[nH]1)N1CC[C@@]2(O)CCCC[C@H]2C1. The molecule has 1 saturated heterocycles. The van der Waals surface area contributed by atoms with Gasteiger partial charge in [-0.2, -0.15) is 0 Å². The number of carbonyl (C=O) groups is 1. The number of nitrogens with zero attached hydrogens (tertiary/aromatic N) is 2. The fourth-order valence-corrected chi connectivity index (χ4v) is 4.43. The zero-order valence-electron chi connectivity index (χ0n) is 14.9. The first-order valence-corrected chi connectivity index (χ1v) is 9.53. The van der Waals surface area contributed by atoms with E-state index in [9.17, 15) is 14.7 Å². The average molecular weight is 355 g/mol. The number of carbonyl (C=O) groups excluding carboxylic acids is 1. The highest BCUT2D eigenvalue weighted by atomic mass is 16.3. The van der Waals surface area contributed by atoms with Gasteiger partial charge < -0.3 is 15.0 Å². The number of rotatable bonds is 3. The molecule has 6 heteroatoms. The third-order valence-electron chi connectivity index (χ3n) is 6.02. The van der Waals surface area contributed by atoms with E-state index in [0.29, 0.717) is 49.1 Å². The molecule has 1 aliphatic carbocycles. The zero-order chi connectivity index (χ0) is 18.1. The lowest BCUT2D eigenvalue weighted by Crippen LogP contribution is -2.54. The third-order valence-corrected chi connectivity index (χ3v) is 6.02. The number of aromatic nitrogens is 2. The third kappa shape index (κ3) is 3.26. The summed E-state index contributed by atoms with van der Waals surface area (Å²) in [5, 5.41) is 11.3. The molecule has 2 heterocycles. The minimum absolute atomic E-state index is 0.0773. The lowest BCUT2D eigenvalue weighted by molar-refractivity contribution is -0.143. The number of benzene rings is 1. The van der Waals surface area contributed by atoms with Gasteiger partial charge in [0, 0.05) is 31.8 Å². The van der Waals surface area contributed by atoms with Crippen molar-refractivity contribution < 1.29 is 9.90 Å². The van der Waals surface area contributed by atoms with Gasteiger partial charge in [0.05, 0.1) is 16.5 Å². The zero-order valence-corrected chi connectivity index (χ0v) is 14.9. The molecule has 4 rings (SSSR count). The molecule has 2 aromatic rings. The summed E-state index contributed by atoms with van der Waals surface area (Å²) in [5.74, 6) is 0.828. The van der Waals surface area contributed by atoms with E-state index in [1.54, 1.807) is 6.07 Å². The summed E-state index contributed by atoms with van der Waals surface area (Å²) in [6.07, 6.45) is 5.51. The van der Waals surface area contributed by atoms with E-state index in [0.717, 1.165) is 25.7 Å². The van der Waals surface area contributed by atoms with Crippen LogP contribution in [0.4, 0.5) is 0 Å². The summed E-state index contributed by atoms with van der Waals surface area (Å²) < 4.78 is 0. The molecule has 0 unspecified atom stereocenters. The summed E-state index contributed by atoms with van der Waals surface area (Å²) in [5.41, 5.74) is -0.0765. The average Bonchev–Trinajstić information content (AvgIpc) is 2.65. The number of para-hydroxylation sites is 1. The fourth-order valence-electron chi connectivity index (χ4n) is 4.43. The topological polar surface area (TPSA) is 86.3 Å². The number of hydrogen-bond acceptors (Lipinski definition) is 4. The van der Waals surface area contributed by atoms with Gasteiger partial charge in [0.2, 0.25) is 5.91 Å². The van der Waals surface area contributed by atoms with Gasteiger partial charge in [-0.15, -0.1) is 0 Å². The summed E-state index contributed by atoms with van der Waals surface area (Å²) in [6.45, 7) is 1.27. The number of amides is 1. The Hall–Kier alpha value is -2.21. The molecule has 1 aliphatic heterocycles. The van der Waals surface area contributed by atoms with Crippen LogP contribution in [0, 0.1) is 5.92 Å². The summed E-state index contributed by atoms with van der Waals surface area (Å²) in [7, 11) is 0. The van der Waals surface area contributed by atoms with E-state index in [1.165, 1.54) is 0 Å². The molecule has 0 bridgehead atoms. The highest BCUT2D eigenvalue weighted by molar-refractivity contribution is 5.78. The van der Waals surface area contributed by atoms with E-state index >= 15 is 0 Å². The predicted octanol–water partition coefficient (Wildman–Crippen LogP) is 2.01. The molecule has 26 heavy (non-hydrogen) atoms. The van der Waals surface area contributed by atoms with Crippen molar-refractivity contribution in [1.29, 1.82) is 0 Å². The molecule has 6 nitrogen and oxygen atoms in total. The van der Waals surface area contributed by atoms with Crippen molar-refractivity contribution in [2.75, 3.05) is 13.1 Å². The Labute approximate surface area is 152 Å². The minimum atomic E-state index is -0.569. The Morgan fingerprint density at radius 2 is 2.15 bits per heavy atom. The van der Waals surface area contributed by atoms with Gasteiger partial charge in [-0.05, 0) is 31.4 Å². The number of aryl methyl sites for hydroxylation is 1. The normalized spacial score (nSPS) is 25.9. The Kier molecular flexibility index (Phi) is 4.53. The van der Waals surface area contributed by atoms with E-state index < -0.39 is 5.60 Å². The van der Waals surface area contributed by atoms with Crippen LogP contribution in [0.2, 0.25) is 0 Å². The summed E-state index contributed by atoms with van der Waals surface area (Å²) in [6, 6.07) is 7.22. The van der Waals surface area contributed by atoms with E-state index in [-0.39, 0.29) is 17.4 Å². The van der Waals surface area contributed by atoms with Crippen LogP contribution in [0.3, 0.4) is 0 Å². The first-order chi connectivity index (χ1) is 12.5. The molecular weight excluding hydrogens is 330 g/mol. The number of H-pyrrole nitrogens is 1. The molecule has 2 atom stereocenters. The maximum atomic E-state index is 12.6. The molecule has 1 saturated carbocycles. The van der Waals surface area contributed by atoms with Crippen LogP contribution in [-0.2, 0) is 11.2 Å². The molecular formula is C20H25N3O3. The second-order valence-corrected chi connectivity index (χ2v) is 7.67. The van der Waals surface area contributed by atoms with Crippen molar-refractivity contribution >= 4 is 16.8 Å². The second kappa shape index (κ2) is 6.83. The second-order valence-electron chi connectivity index (χ2n) is 7.67. The highest BCUT2D eigenvalue weighted by Crippen LogP contribution is 2.39. The van der Waals surface area contributed by atoms with Crippen molar-refractivity contribution in [3.05, 3.63) is 40.4 Å². The van der Waals surface area contributed by atoms with Gasteiger partial charge in [-0.25, -0.2) is 4.98 Å². The molecule has 2 fully saturated rings. The van der Waals surface area contributed by atoms with Gasteiger partial charge in [0.1, 0.15) is 5.82 Å². The lowest BCUT2D eigenvalue weighted by atomic mass is 9.71. The van der Waals surface area contributed by atoms with E-state index in [2.05, 4.69) is 9.97 Å². The van der Waals surface area contributed by atoms with Crippen molar-refractivity contribution in [3.8, 4) is 0 Å². The van der Waals surface area contributed by atoms with Crippen molar-refractivity contribution in [2.45, 2.75) is 50.5 Å². The lowest BCUT2D eigenvalue weighted by Gasteiger charge is -2.47. The van der Waals surface area contributed by atoms with Gasteiger partial charge in [0.15, 0.2) is 0 Å². The standard InChI is InChI=1S/C20H25N3O3/c24-18(23-12-11-20(26)10-4-3-5-14(20)13-23)9-8-17-21-16-7-2-1-6-15(16)19(25)22-17/h1-2,6-7,14,26H,3-5,8-13H2,(H,21,22,25)/t14-,20-/m0/s1. The number of piperidine rings is 1. The van der Waals surface area contributed by atoms with Gasteiger partial charge >= 0.3 is 0 Å². The Morgan fingerprint density at radius 1 is 1.31 bits per heavy atom. The van der Waals surface area contributed by atoms with E-state index in [1.807, 2.05) is 23.1 Å². The Morgan fingerprint density at radius 3 is 3.04 bits per heavy atom. The van der Waals surface area contributed by atoms with Crippen LogP contribution in [0.15, 0.2) is 29.1 Å². The quantitative estimate of drug-likeness (QED) is 0.882. The van der Waals surface area contributed by atoms with Crippen LogP contribution in [0.25, 0.3) is 10.9 Å². The molecule has 1 aromatic carbocycles. The molecule has 2 N–H and O–H groups in total. The van der Waals surface area contributed by atoms with E-state index in [4.69, 9.17) is 0 Å². The minimum Gasteiger partial charge on any atom is -0.389 e. The molecule has 2 aliphatic rings. The number of fused-ring (bicyclic) bond motifs is 2. The maximum Gasteiger partial charge on any atom is 0.258 e. The smallest absolute Gasteiger partial charge is 0.258 e. The molecule has 1 amide bonds. The monoisotopic (exact) mass is 355 g/mol. The number of nitrogens with one attached hydrogen (secondary N) is 1. The molecule has 0 spiro atoms. The molecule has 138 valence electrons. The van der Waals surface area contributed by atoms with Gasteiger partial charge in [-0.1, -0.05) is 25.0 Å². The van der Waals surface area contributed by atoms with Gasteiger partial charge in [-0.3, -0.25) is 9.59 Å². The highest BCUT2D eigenvalue weighted by Gasteiger charge is 2.43. The van der Waals surface area contributed by atoms with Crippen molar-refractivity contribution in [2.24, 2.45) is 5.92 Å². The Bertz CT molecular complexity index is 878. The van der Waals surface area contributed by atoms with Crippen LogP contribution in [-0.4, -0.2) is 44.6 Å². The van der Waals surface area contributed by atoms with Crippen LogP contribution >= 0.6 is 0 Å². The summed E-state index contributed by atoms with van der Waals surface area (Å²) >= 11 is 0. The van der Waals surface area contributed by atoms with Gasteiger partial charge in [0.25, 0.3) is 5.56 Å². The van der Waals surface area contributed by atoms with Crippen molar-refractivity contribution in [3.63, 3.8) is 0 Å². The van der Waals surface area contributed by atoms with Crippen LogP contribution in [0.1, 0.15) is 44.3 Å². The van der Waals surface area contributed by atoms with Crippen molar-refractivity contribution in [1.82, 2.24) is 14.9 Å². The Balaban J connectivity index is 1.41. The first kappa shape index (κ1) is 17.2. The summed E-state index contributed by atoms with van der Waals surface area (Å²) in [4.78, 5) is 33.9. The number of aliphatic hydroxyl groups is 1. The number of likely N-dealkylation sites (tertiary alicyclic amines) is 1. The fraction of sp³-hybridized carbons (Fsp3) is 0.550. The molecule has 1 aromatic heterocycles. The predicted molar refractivity (Wildman–Crippen MR) is 98.8 cm³/mol. The number of aromatic amines is 1. The molecule has 0 radical (unpaired) electrons. The van der Waals surface area contributed by atoms with Crippen LogP contribution in [0.5, 0.6) is 0 Å². The maximum absolute atomic E-state index is 12.6. The largest absolute Gasteiger partial charge is 0.389 e.